The van der Waals surface area contributed by atoms with Crippen LogP contribution in [-0.2, 0) is 20.1 Å². The Morgan fingerprint density at radius 2 is 1.97 bits per heavy atom. The van der Waals surface area contributed by atoms with Crippen molar-refractivity contribution in [2.45, 2.75) is 33.4 Å². The van der Waals surface area contributed by atoms with Crippen LogP contribution in [0.25, 0.3) is 11.2 Å². The van der Waals surface area contributed by atoms with Crippen molar-refractivity contribution in [3.05, 3.63) is 60.9 Å². The third-order valence-corrected chi connectivity index (χ3v) is 5.71. The number of aliphatic hydroxyl groups is 1. The Hall–Kier alpha value is -3.31. The van der Waals surface area contributed by atoms with Gasteiger partial charge in [0.25, 0.3) is 5.56 Å². The topological polar surface area (TPSA) is 117 Å². The van der Waals surface area contributed by atoms with Crippen LogP contribution in [0.1, 0.15) is 22.7 Å². The number of nitrogens with zero attached hydrogens (tertiary/aromatic N) is 6. The summed E-state index contributed by atoms with van der Waals surface area (Å²) in [5.74, 6) is 0.470. The average Bonchev–Trinajstić information content (AvgIpc) is 3.30. The molecule has 0 atom stereocenters. The van der Waals surface area contributed by atoms with Crippen molar-refractivity contribution in [2.75, 3.05) is 6.61 Å². The van der Waals surface area contributed by atoms with E-state index in [0.29, 0.717) is 12.2 Å². The normalized spacial score (nSPS) is 11.4. The molecule has 10 nitrogen and oxygen atoms in total. The first-order valence-corrected chi connectivity index (χ1v) is 10.6. The molecule has 0 fully saturated rings. The summed E-state index contributed by atoms with van der Waals surface area (Å²) in [4.78, 5) is 39.1. The molecule has 0 aromatic carbocycles. The van der Waals surface area contributed by atoms with E-state index in [1.807, 2.05) is 25.3 Å². The van der Waals surface area contributed by atoms with Gasteiger partial charge in [-0.1, -0.05) is 0 Å². The number of fused-ring (bicyclic) bond motifs is 1. The van der Waals surface area contributed by atoms with Crippen molar-refractivity contribution >= 4 is 22.5 Å². The molecule has 1 N–H and O–H groups in total. The van der Waals surface area contributed by atoms with E-state index in [1.165, 1.54) is 15.9 Å². The Morgan fingerprint density at radius 3 is 2.65 bits per heavy atom. The summed E-state index contributed by atoms with van der Waals surface area (Å²) in [5, 5.41) is 11.9. The first-order valence-electron chi connectivity index (χ1n) is 9.70. The molecule has 0 saturated carbocycles. The van der Waals surface area contributed by atoms with E-state index in [0.717, 1.165) is 20.8 Å². The number of rotatable bonds is 7. The summed E-state index contributed by atoms with van der Waals surface area (Å²) < 4.78 is 10.1. The van der Waals surface area contributed by atoms with Gasteiger partial charge >= 0.3 is 11.7 Å². The van der Waals surface area contributed by atoms with Gasteiger partial charge in [0.05, 0.1) is 12.7 Å². The lowest BCUT2D eigenvalue weighted by Gasteiger charge is -2.10. The number of hydrogen-bond donors (Lipinski definition) is 1. The van der Waals surface area contributed by atoms with Crippen LogP contribution < -0.4 is 16.0 Å². The fraction of sp³-hybridized carbons (Fsp3) is 0.350. The molecular formula is C20H22N6O4S. The van der Waals surface area contributed by atoms with Crippen LogP contribution >= 0.6 is 11.3 Å². The largest absolute Gasteiger partial charge is 0.424 e. The molecule has 0 saturated heterocycles. The van der Waals surface area contributed by atoms with Gasteiger partial charge in [0.1, 0.15) is 10.8 Å². The van der Waals surface area contributed by atoms with Gasteiger partial charge in [-0.15, -0.1) is 11.3 Å². The standard InChI is InChI=1S/C20H22N6O4S/c1-12-7-14(9-21-8-12)30-19-23-17-16(26(19)10-15-22-13(2)11-31-15)18(28)25(5-4-6-27)20(29)24(17)3/h7-9,11,27H,4-6,10H2,1-3H3. The maximum absolute atomic E-state index is 13.3. The van der Waals surface area contributed by atoms with Gasteiger partial charge in [0.2, 0.25) is 0 Å². The Balaban J connectivity index is 1.94. The van der Waals surface area contributed by atoms with E-state index >= 15 is 0 Å². The highest BCUT2D eigenvalue weighted by Crippen LogP contribution is 2.26. The summed E-state index contributed by atoms with van der Waals surface area (Å²) in [5.41, 5.74) is 1.27. The van der Waals surface area contributed by atoms with Gasteiger partial charge in [0.15, 0.2) is 11.2 Å². The van der Waals surface area contributed by atoms with E-state index in [4.69, 9.17) is 9.84 Å². The van der Waals surface area contributed by atoms with Crippen LogP contribution in [-0.4, -0.2) is 40.4 Å². The predicted octanol–water partition coefficient (Wildman–Crippen LogP) is 1.59. The van der Waals surface area contributed by atoms with Crippen molar-refractivity contribution < 1.29 is 9.84 Å². The number of imidazole rings is 1. The maximum atomic E-state index is 13.3. The van der Waals surface area contributed by atoms with Gasteiger partial charge < -0.3 is 9.84 Å². The molecular weight excluding hydrogens is 420 g/mol. The van der Waals surface area contributed by atoms with E-state index in [2.05, 4.69) is 15.0 Å². The zero-order valence-corrected chi connectivity index (χ0v) is 18.2. The first-order chi connectivity index (χ1) is 14.9. The van der Waals surface area contributed by atoms with E-state index in [-0.39, 0.29) is 36.9 Å². The van der Waals surface area contributed by atoms with Crippen LogP contribution in [0.15, 0.2) is 33.4 Å². The number of thiazole rings is 1. The third-order valence-electron chi connectivity index (χ3n) is 4.76. The summed E-state index contributed by atoms with van der Waals surface area (Å²) in [6.45, 7) is 4.03. The van der Waals surface area contributed by atoms with Crippen LogP contribution in [0, 0.1) is 13.8 Å². The molecule has 0 aliphatic heterocycles. The molecule has 0 aliphatic rings. The molecule has 4 aromatic rings. The lowest BCUT2D eigenvalue weighted by atomic mass is 10.3. The Kier molecular flexibility index (Phi) is 5.70. The van der Waals surface area contributed by atoms with E-state index in [1.54, 1.807) is 24.0 Å². The second kappa shape index (κ2) is 8.44. The van der Waals surface area contributed by atoms with E-state index < -0.39 is 11.2 Å². The molecule has 4 rings (SSSR count). The summed E-state index contributed by atoms with van der Waals surface area (Å²) in [6, 6.07) is 1.98. The third kappa shape index (κ3) is 4.01. The Bertz CT molecular complexity index is 1370. The fourth-order valence-corrected chi connectivity index (χ4v) is 4.06. The molecule has 0 spiro atoms. The Morgan fingerprint density at radius 1 is 1.16 bits per heavy atom. The minimum atomic E-state index is -0.496. The summed E-state index contributed by atoms with van der Waals surface area (Å²) in [6.07, 6.45) is 3.55. The average molecular weight is 443 g/mol. The summed E-state index contributed by atoms with van der Waals surface area (Å²) in [7, 11) is 1.56. The molecule has 162 valence electrons. The number of aromatic nitrogens is 6. The van der Waals surface area contributed by atoms with Gasteiger partial charge in [-0.25, -0.2) is 9.78 Å². The minimum absolute atomic E-state index is 0.109. The monoisotopic (exact) mass is 442 g/mol. The molecule has 0 aliphatic carbocycles. The predicted molar refractivity (Wildman–Crippen MR) is 116 cm³/mol. The number of hydrogen-bond acceptors (Lipinski definition) is 8. The van der Waals surface area contributed by atoms with Gasteiger partial charge in [-0.3, -0.25) is 23.5 Å². The molecule has 0 amide bonds. The van der Waals surface area contributed by atoms with Gasteiger partial charge in [-0.2, -0.15) is 4.98 Å². The highest BCUT2D eigenvalue weighted by Gasteiger charge is 2.22. The first kappa shape index (κ1) is 20.9. The molecule has 0 bridgehead atoms. The lowest BCUT2D eigenvalue weighted by Crippen LogP contribution is -2.39. The molecule has 0 radical (unpaired) electrons. The molecule has 4 heterocycles. The number of pyridine rings is 1. The minimum Gasteiger partial charge on any atom is -0.424 e. The zero-order chi connectivity index (χ0) is 22.1. The van der Waals surface area contributed by atoms with Crippen LogP contribution in [0.5, 0.6) is 11.8 Å². The quantitative estimate of drug-likeness (QED) is 0.462. The van der Waals surface area contributed by atoms with Gasteiger partial charge in [0, 0.05) is 37.5 Å². The van der Waals surface area contributed by atoms with Crippen molar-refractivity contribution in [1.29, 1.82) is 0 Å². The lowest BCUT2D eigenvalue weighted by molar-refractivity contribution is 0.277. The molecule has 4 aromatic heterocycles. The Labute approximate surface area is 181 Å². The van der Waals surface area contributed by atoms with Gasteiger partial charge in [-0.05, 0) is 31.9 Å². The van der Waals surface area contributed by atoms with Crippen molar-refractivity contribution in [2.24, 2.45) is 7.05 Å². The second-order valence-electron chi connectivity index (χ2n) is 7.21. The van der Waals surface area contributed by atoms with Crippen molar-refractivity contribution in [1.82, 2.24) is 28.7 Å². The highest BCUT2D eigenvalue weighted by molar-refractivity contribution is 7.09. The molecule has 0 unspecified atom stereocenters. The van der Waals surface area contributed by atoms with Crippen molar-refractivity contribution in [3.63, 3.8) is 0 Å². The highest BCUT2D eigenvalue weighted by atomic mass is 32.1. The van der Waals surface area contributed by atoms with Crippen LogP contribution in [0.3, 0.4) is 0 Å². The summed E-state index contributed by atoms with van der Waals surface area (Å²) >= 11 is 1.47. The van der Waals surface area contributed by atoms with Crippen LogP contribution in [0.4, 0.5) is 0 Å². The molecule has 11 heteroatoms. The number of aryl methyl sites for hydroxylation is 3. The molecule has 31 heavy (non-hydrogen) atoms. The fourth-order valence-electron chi connectivity index (χ4n) is 3.30. The van der Waals surface area contributed by atoms with Crippen LogP contribution in [0.2, 0.25) is 0 Å². The number of ether oxygens (including phenoxy) is 1. The SMILES string of the molecule is Cc1cncc(Oc2nc3c(c(=O)n(CCCO)c(=O)n3C)n2Cc2nc(C)cs2)c1. The maximum Gasteiger partial charge on any atom is 0.332 e. The second-order valence-corrected chi connectivity index (χ2v) is 8.15. The van der Waals surface area contributed by atoms with E-state index in [9.17, 15) is 9.59 Å². The smallest absolute Gasteiger partial charge is 0.332 e. The zero-order valence-electron chi connectivity index (χ0n) is 17.4. The van der Waals surface area contributed by atoms with Crippen molar-refractivity contribution in [3.8, 4) is 11.8 Å². The number of aliphatic hydroxyl groups excluding tert-OH is 1.